The van der Waals surface area contributed by atoms with Crippen molar-refractivity contribution in [2.45, 2.75) is 13.8 Å². The minimum absolute atomic E-state index is 0.230. The van der Waals surface area contributed by atoms with Crippen LogP contribution in [0, 0.1) is 6.92 Å². The van der Waals surface area contributed by atoms with Crippen molar-refractivity contribution in [1.82, 2.24) is 15.3 Å². The highest BCUT2D eigenvalue weighted by Gasteiger charge is 2.09. The number of rotatable bonds is 4. The fourth-order valence-electron chi connectivity index (χ4n) is 2.60. The summed E-state index contributed by atoms with van der Waals surface area (Å²) in [6.45, 7) is 4.32. The normalized spacial score (nSPS) is 10.4. The third kappa shape index (κ3) is 3.94. The highest BCUT2D eigenvalue weighted by molar-refractivity contribution is 6.05. The molecule has 7 nitrogen and oxygen atoms in total. The topological polar surface area (TPSA) is 96.0 Å². The monoisotopic (exact) mass is 349 g/mol. The van der Waals surface area contributed by atoms with E-state index in [2.05, 4.69) is 25.9 Å². The van der Waals surface area contributed by atoms with Crippen LogP contribution in [0.5, 0.6) is 0 Å². The maximum absolute atomic E-state index is 12.3. The number of fused-ring (bicyclic) bond motifs is 1. The van der Waals surface area contributed by atoms with E-state index in [1.807, 2.05) is 26.0 Å². The van der Waals surface area contributed by atoms with Gasteiger partial charge in [0.1, 0.15) is 5.82 Å². The Labute approximate surface area is 150 Å². The van der Waals surface area contributed by atoms with Crippen molar-refractivity contribution >= 4 is 34.2 Å². The van der Waals surface area contributed by atoms with Crippen molar-refractivity contribution < 1.29 is 9.59 Å². The average Bonchev–Trinajstić information content (AvgIpc) is 2.62. The summed E-state index contributed by atoms with van der Waals surface area (Å²) in [6.07, 6.45) is 4.84. The number of pyridine rings is 2. The molecule has 132 valence electrons. The molecule has 0 aliphatic rings. The van der Waals surface area contributed by atoms with Crippen molar-refractivity contribution in [2.75, 3.05) is 17.2 Å². The summed E-state index contributed by atoms with van der Waals surface area (Å²) in [6, 6.07) is 8.62. The quantitative estimate of drug-likeness (QED) is 0.673. The van der Waals surface area contributed by atoms with Crippen LogP contribution in [0.4, 0.5) is 16.3 Å². The molecule has 0 fully saturated rings. The minimum atomic E-state index is -0.308. The highest BCUT2D eigenvalue weighted by atomic mass is 16.2. The minimum Gasteiger partial charge on any atom is -0.338 e. The third-order valence-corrected chi connectivity index (χ3v) is 3.80. The van der Waals surface area contributed by atoms with Crippen LogP contribution in [0.15, 0.2) is 48.9 Å². The number of benzene rings is 1. The third-order valence-electron chi connectivity index (χ3n) is 3.80. The van der Waals surface area contributed by atoms with Gasteiger partial charge in [0.05, 0.1) is 5.56 Å². The zero-order valence-electron chi connectivity index (χ0n) is 14.5. The van der Waals surface area contributed by atoms with E-state index < -0.39 is 0 Å². The van der Waals surface area contributed by atoms with Crippen LogP contribution in [0.1, 0.15) is 22.8 Å². The van der Waals surface area contributed by atoms with Gasteiger partial charge in [-0.2, -0.15) is 0 Å². The fraction of sp³-hybridized carbons (Fsp3) is 0.158. The first-order valence-corrected chi connectivity index (χ1v) is 8.23. The Hall–Kier alpha value is -3.48. The molecule has 0 unspecified atom stereocenters. The van der Waals surface area contributed by atoms with Gasteiger partial charge in [-0.15, -0.1) is 0 Å². The Morgan fingerprint density at radius 2 is 1.96 bits per heavy atom. The summed E-state index contributed by atoms with van der Waals surface area (Å²) in [4.78, 5) is 32.2. The molecule has 2 heterocycles. The number of amides is 3. The van der Waals surface area contributed by atoms with E-state index in [0.29, 0.717) is 23.6 Å². The van der Waals surface area contributed by atoms with Crippen molar-refractivity contribution in [2.24, 2.45) is 0 Å². The van der Waals surface area contributed by atoms with Crippen molar-refractivity contribution in [3.63, 3.8) is 0 Å². The second-order valence-corrected chi connectivity index (χ2v) is 5.76. The van der Waals surface area contributed by atoms with Gasteiger partial charge in [0, 0.05) is 36.2 Å². The molecule has 1 aromatic carbocycles. The first-order valence-electron chi connectivity index (χ1n) is 8.23. The Morgan fingerprint density at radius 3 is 2.69 bits per heavy atom. The summed E-state index contributed by atoms with van der Waals surface area (Å²) in [7, 11) is 0. The fourth-order valence-corrected chi connectivity index (χ4v) is 2.60. The lowest BCUT2D eigenvalue weighted by molar-refractivity contribution is 0.102. The van der Waals surface area contributed by atoms with Crippen molar-refractivity contribution in [1.29, 1.82) is 0 Å². The number of hydrogen-bond donors (Lipinski definition) is 3. The molecule has 26 heavy (non-hydrogen) atoms. The zero-order valence-corrected chi connectivity index (χ0v) is 14.5. The van der Waals surface area contributed by atoms with Crippen LogP contribution in [0.3, 0.4) is 0 Å². The van der Waals surface area contributed by atoms with Crippen LogP contribution in [0.25, 0.3) is 10.8 Å². The second-order valence-electron chi connectivity index (χ2n) is 5.76. The van der Waals surface area contributed by atoms with Gasteiger partial charge in [0.15, 0.2) is 0 Å². The van der Waals surface area contributed by atoms with Gasteiger partial charge in [0.2, 0.25) is 0 Å². The van der Waals surface area contributed by atoms with Crippen molar-refractivity contribution in [3.8, 4) is 0 Å². The van der Waals surface area contributed by atoms with Crippen LogP contribution in [-0.2, 0) is 0 Å². The van der Waals surface area contributed by atoms with E-state index in [4.69, 9.17) is 0 Å². The highest BCUT2D eigenvalue weighted by Crippen LogP contribution is 2.25. The molecule has 0 saturated heterocycles. The molecule has 0 aliphatic carbocycles. The molecule has 0 bridgehead atoms. The molecular formula is C19H19N5O2. The number of carbonyl (C=O) groups excluding carboxylic acids is 2. The van der Waals surface area contributed by atoms with Gasteiger partial charge >= 0.3 is 6.03 Å². The number of urea groups is 1. The van der Waals surface area contributed by atoms with Crippen LogP contribution in [-0.4, -0.2) is 28.5 Å². The zero-order chi connectivity index (χ0) is 18.5. The number of carbonyl (C=O) groups is 2. The number of anilines is 2. The lowest BCUT2D eigenvalue weighted by Gasteiger charge is -2.11. The smallest absolute Gasteiger partial charge is 0.320 e. The summed E-state index contributed by atoms with van der Waals surface area (Å²) in [5.74, 6) is 0.213. The predicted octanol–water partition coefficient (Wildman–Crippen LogP) is 3.33. The number of nitrogens with zero attached hydrogens (tertiary/aromatic N) is 2. The molecule has 3 aromatic rings. The summed E-state index contributed by atoms with van der Waals surface area (Å²) in [5, 5.41) is 10.0. The Morgan fingerprint density at radius 1 is 1.12 bits per heavy atom. The molecule has 0 saturated carbocycles. The number of aryl methyl sites for hydroxylation is 1. The van der Waals surface area contributed by atoms with E-state index in [9.17, 15) is 9.59 Å². The van der Waals surface area contributed by atoms with Gasteiger partial charge in [-0.1, -0.05) is 0 Å². The molecule has 3 amide bonds. The van der Waals surface area contributed by atoms with E-state index in [1.54, 1.807) is 30.6 Å². The van der Waals surface area contributed by atoms with Gasteiger partial charge in [-0.05, 0) is 55.1 Å². The number of nitrogens with one attached hydrogen (secondary N) is 3. The molecular weight excluding hydrogens is 330 g/mol. The van der Waals surface area contributed by atoms with E-state index in [-0.39, 0.29) is 11.9 Å². The van der Waals surface area contributed by atoms with E-state index in [0.717, 1.165) is 16.3 Å². The number of hydrogen-bond acceptors (Lipinski definition) is 4. The van der Waals surface area contributed by atoms with Gasteiger partial charge < -0.3 is 10.6 Å². The van der Waals surface area contributed by atoms with Crippen LogP contribution in [0.2, 0.25) is 0 Å². The predicted molar refractivity (Wildman–Crippen MR) is 101 cm³/mol. The van der Waals surface area contributed by atoms with Crippen LogP contribution >= 0.6 is 0 Å². The molecule has 2 aromatic heterocycles. The molecule has 0 spiro atoms. The molecule has 7 heteroatoms. The first kappa shape index (κ1) is 17.3. The molecule has 3 rings (SSSR count). The maximum Gasteiger partial charge on any atom is 0.320 e. The van der Waals surface area contributed by atoms with E-state index >= 15 is 0 Å². The average molecular weight is 349 g/mol. The molecule has 0 aliphatic heterocycles. The van der Waals surface area contributed by atoms with E-state index in [1.165, 1.54) is 6.20 Å². The van der Waals surface area contributed by atoms with Gasteiger partial charge in [0.25, 0.3) is 5.91 Å². The maximum atomic E-state index is 12.3. The van der Waals surface area contributed by atoms with Crippen molar-refractivity contribution in [3.05, 3.63) is 60.0 Å². The van der Waals surface area contributed by atoms with Gasteiger partial charge in [-0.3, -0.25) is 15.1 Å². The molecule has 3 N–H and O–H groups in total. The summed E-state index contributed by atoms with van der Waals surface area (Å²) in [5.41, 5.74) is 2.12. The largest absolute Gasteiger partial charge is 0.338 e. The lowest BCUT2D eigenvalue weighted by atomic mass is 10.1. The van der Waals surface area contributed by atoms with Crippen LogP contribution < -0.4 is 16.0 Å². The lowest BCUT2D eigenvalue weighted by Crippen LogP contribution is -2.28. The first-order chi connectivity index (χ1) is 12.6. The molecule has 0 atom stereocenters. The van der Waals surface area contributed by atoms with Gasteiger partial charge in [-0.25, -0.2) is 9.78 Å². The standard InChI is InChI=1S/C19H19N5O2/c1-3-21-19(26)24-17-9-14-8-15(7-12(2)16(14)11-22-17)23-18(25)13-5-4-6-20-10-13/h4-11H,3H2,1-2H3,(H,23,25)(H2,21,22,24,26). The Bertz CT molecular complexity index is 957. The Balaban J connectivity index is 1.87. The Kier molecular flexibility index (Phi) is 5.07. The summed E-state index contributed by atoms with van der Waals surface area (Å²) >= 11 is 0. The summed E-state index contributed by atoms with van der Waals surface area (Å²) < 4.78 is 0. The molecule has 0 radical (unpaired) electrons. The SMILES string of the molecule is CCNC(=O)Nc1cc2cc(NC(=O)c3cccnc3)cc(C)c2cn1. The second kappa shape index (κ2) is 7.60. The number of aromatic nitrogens is 2.